The summed E-state index contributed by atoms with van der Waals surface area (Å²) in [6, 6.07) is 11.9. The molecule has 0 heterocycles. The molecule has 0 amide bonds. The lowest BCUT2D eigenvalue weighted by molar-refractivity contribution is -0.0480. The van der Waals surface area contributed by atoms with Crippen LogP contribution in [0.1, 0.15) is 105 Å². The fraction of sp³-hybridized carbons (Fsp3) is 0.636. The Morgan fingerprint density at radius 2 is 0.930 bits per heavy atom. The highest BCUT2D eigenvalue weighted by molar-refractivity contribution is 7.48. The Hall–Kier alpha value is -1.34. The summed E-state index contributed by atoms with van der Waals surface area (Å²) >= 11 is 0. The summed E-state index contributed by atoms with van der Waals surface area (Å²) in [6.45, 7) is 23.0. The molecular formula is C33H54O8P2. The summed E-state index contributed by atoms with van der Waals surface area (Å²) in [4.78, 5) is 20.8. The molecule has 2 aromatic rings. The van der Waals surface area contributed by atoms with Gasteiger partial charge in [0.1, 0.15) is 17.3 Å². The maximum Gasteiger partial charge on any atom is 0.463 e. The molecule has 0 saturated heterocycles. The molecule has 1 unspecified atom stereocenters. The van der Waals surface area contributed by atoms with Crippen LogP contribution in [0.2, 0.25) is 0 Å². The number of benzene rings is 2. The van der Waals surface area contributed by atoms with Gasteiger partial charge in [0.25, 0.3) is 0 Å². The Bertz CT molecular complexity index is 1110. The third-order valence-corrected chi connectivity index (χ3v) is 9.83. The molecule has 2 aromatic carbocycles. The first-order valence-corrected chi connectivity index (χ1v) is 17.0. The Kier molecular flexibility index (Phi) is 12.3. The van der Waals surface area contributed by atoms with E-state index < -0.39 is 48.1 Å². The summed E-state index contributed by atoms with van der Waals surface area (Å²) < 4.78 is 19.1. The molecular weight excluding hydrogens is 586 g/mol. The SMILES string of the molecule is CC(C)(C)c1ccc(OP(Oc2ccc(C(C)(C)C)cc2C(C)(C)C)OC(P(O)O)C(CO)(CO)CO)c(C(C)(C)C)c1. The average Bonchev–Trinajstić information content (AvgIpc) is 2.87. The molecule has 0 aliphatic carbocycles. The van der Waals surface area contributed by atoms with E-state index in [-0.39, 0.29) is 21.7 Å². The first kappa shape index (κ1) is 37.8. The topological polar surface area (TPSA) is 129 Å². The number of aliphatic hydroxyl groups is 3. The van der Waals surface area contributed by atoms with Crippen LogP contribution in [-0.4, -0.2) is 50.8 Å². The minimum absolute atomic E-state index is 0.107. The normalized spacial score (nSPS) is 14.4. The average molecular weight is 641 g/mol. The largest absolute Gasteiger partial charge is 0.463 e. The van der Waals surface area contributed by atoms with Crippen molar-refractivity contribution in [2.45, 2.75) is 111 Å². The Morgan fingerprint density at radius 3 is 1.19 bits per heavy atom. The Labute approximate surface area is 261 Å². The van der Waals surface area contributed by atoms with Gasteiger partial charge in [0.05, 0.1) is 25.2 Å². The van der Waals surface area contributed by atoms with E-state index in [0.29, 0.717) is 11.5 Å². The third kappa shape index (κ3) is 9.58. The molecule has 0 aromatic heterocycles. The van der Waals surface area contributed by atoms with Crippen LogP contribution in [0.4, 0.5) is 0 Å². The molecule has 2 rings (SSSR count). The number of hydrogen-bond acceptors (Lipinski definition) is 8. The van der Waals surface area contributed by atoms with Crippen LogP contribution >= 0.6 is 17.0 Å². The quantitative estimate of drug-likeness (QED) is 0.164. The van der Waals surface area contributed by atoms with Crippen molar-refractivity contribution in [1.29, 1.82) is 0 Å². The number of rotatable bonds is 11. The van der Waals surface area contributed by atoms with Crippen molar-refractivity contribution < 1.29 is 38.7 Å². The highest BCUT2D eigenvalue weighted by Gasteiger charge is 2.47. The molecule has 0 saturated carbocycles. The van der Waals surface area contributed by atoms with Gasteiger partial charge in [0.2, 0.25) is 0 Å². The predicted molar refractivity (Wildman–Crippen MR) is 176 cm³/mol. The minimum Gasteiger partial charge on any atom is -0.417 e. The third-order valence-electron chi connectivity index (χ3n) is 7.52. The molecule has 8 nitrogen and oxygen atoms in total. The van der Waals surface area contributed by atoms with Gasteiger partial charge in [-0.05, 0) is 44.9 Å². The molecule has 5 N–H and O–H groups in total. The summed E-state index contributed by atoms with van der Waals surface area (Å²) in [6.07, 6.45) is 0. The fourth-order valence-corrected chi connectivity index (χ4v) is 6.86. The van der Waals surface area contributed by atoms with Gasteiger partial charge in [-0.15, -0.1) is 0 Å². The van der Waals surface area contributed by atoms with Crippen LogP contribution in [0.25, 0.3) is 0 Å². The van der Waals surface area contributed by atoms with E-state index in [4.69, 9.17) is 13.6 Å². The molecule has 244 valence electrons. The molecule has 0 fully saturated rings. The van der Waals surface area contributed by atoms with Crippen molar-refractivity contribution in [2.24, 2.45) is 5.41 Å². The highest BCUT2D eigenvalue weighted by atomic mass is 31.2. The predicted octanol–water partition coefficient (Wildman–Crippen LogP) is 7.16. The van der Waals surface area contributed by atoms with Crippen molar-refractivity contribution in [1.82, 2.24) is 0 Å². The Morgan fingerprint density at radius 1 is 0.581 bits per heavy atom. The van der Waals surface area contributed by atoms with Crippen molar-refractivity contribution >= 4 is 17.0 Å². The lowest BCUT2D eigenvalue weighted by Crippen LogP contribution is -2.45. The van der Waals surface area contributed by atoms with Crippen molar-refractivity contribution in [2.75, 3.05) is 19.8 Å². The standard InChI is InChI=1S/C33H54O8P2/c1-29(2,3)22-13-15-26(24(17-22)31(7,8)9)39-43(41-28(42(37)38)33(19-34,20-35)21-36)40-27-16-14-23(30(4,5)6)18-25(27)32(10,11)12/h13-18,28,34-38H,19-21H2,1-12H3. The first-order chi connectivity index (χ1) is 19.5. The molecule has 0 aliphatic heterocycles. The van der Waals surface area contributed by atoms with Gasteiger partial charge in [0.15, 0.2) is 8.38 Å². The molecule has 0 bridgehead atoms. The molecule has 0 radical (unpaired) electrons. The number of hydrogen-bond donors (Lipinski definition) is 5. The van der Waals surface area contributed by atoms with Crippen LogP contribution in [-0.2, 0) is 26.2 Å². The van der Waals surface area contributed by atoms with Gasteiger partial charge in [-0.25, -0.2) is 0 Å². The van der Waals surface area contributed by atoms with Crippen LogP contribution in [0.15, 0.2) is 36.4 Å². The molecule has 0 aliphatic rings. The molecule has 0 spiro atoms. The van der Waals surface area contributed by atoms with Gasteiger partial charge in [-0.2, -0.15) is 0 Å². The summed E-state index contributed by atoms with van der Waals surface area (Å²) in [7, 11) is -5.30. The minimum atomic E-state index is -2.90. The molecule has 1 atom stereocenters. The van der Waals surface area contributed by atoms with E-state index in [1.165, 1.54) is 0 Å². The van der Waals surface area contributed by atoms with Crippen molar-refractivity contribution in [3.8, 4) is 11.5 Å². The van der Waals surface area contributed by atoms with Gasteiger partial charge < -0.3 is 34.2 Å². The van der Waals surface area contributed by atoms with Crippen LogP contribution in [0.5, 0.6) is 11.5 Å². The van der Waals surface area contributed by atoms with Crippen LogP contribution in [0, 0.1) is 5.41 Å². The van der Waals surface area contributed by atoms with Gasteiger partial charge >= 0.3 is 8.60 Å². The lowest BCUT2D eigenvalue weighted by atomic mass is 9.80. The van der Waals surface area contributed by atoms with Crippen LogP contribution < -0.4 is 9.05 Å². The zero-order valence-electron chi connectivity index (χ0n) is 28.0. The van der Waals surface area contributed by atoms with E-state index in [1.807, 2.05) is 24.3 Å². The van der Waals surface area contributed by atoms with Gasteiger partial charge in [-0.3, -0.25) is 4.52 Å². The maximum absolute atomic E-state index is 10.4. The second-order valence-electron chi connectivity index (χ2n) is 15.4. The van der Waals surface area contributed by atoms with E-state index in [1.54, 1.807) is 0 Å². The molecule has 43 heavy (non-hydrogen) atoms. The summed E-state index contributed by atoms with van der Waals surface area (Å²) in [5.41, 5.74) is 1.43. The van der Waals surface area contributed by atoms with Gasteiger partial charge in [-0.1, -0.05) is 107 Å². The highest BCUT2D eigenvalue weighted by Crippen LogP contribution is 2.55. The monoisotopic (exact) mass is 640 g/mol. The van der Waals surface area contributed by atoms with Gasteiger partial charge in [0, 0.05) is 11.1 Å². The van der Waals surface area contributed by atoms with Crippen LogP contribution in [0.3, 0.4) is 0 Å². The fourth-order valence-electron chi connectivity index (χ4n) is 4.41. The number of aliphatic hydroxyl groups excluding tert-OH is 3. The summed E-state index contributed by atoms with van der Waals surface area (Å²) in [5, 5.41) is 30.4. The van der Waals surface area contributed by atoms with E-state index in [9.17, 15) is 25.1 Å². The lowest BCUT2D eigenvalue weighted by Gasteiger charge is -2.37. The smallest absolute Gasteiger partial charge is 0.417 e. The maximum atomic E-state index is 10.4. The molecule has 10 heteroatoms. The Balaban J connectivity index is 2.76. The summed E-state index contributed by atoms with van der Waals surface area (Å²) in [5.74, 6) is -0.582. The first-order valence-electron chi connectivity index (χ1n) is 14.6. The van der Waals surface area contributed by atoms with E-state index in [2.05, 4.69) is 95.2 Å². The van der Waals surface area contributed by atoms with E-state index >= 15 is 0 Å². The second-order valence-corrected chi connectivity index (χ2v) is 17.6. The zero-order valence-corrected chi connectivity index (χ0v) is 29.8. The van der Waals surface area contributed by atoms with Crippen molar-refractivity contribution in [3.63, 3.8) is 0 Å². The van der Waals surface area contributed by atoms with Crippen molar-refractivity contribution in [3.05, 3.63) is 58.7 Å². The second kappa shape index (κ2) is 14.0. The van der Waals surface area contributed by atoms with E-state index in [0.717, 1.165) is 22.3 Å². The zero-order chi connectivity index (χ0) is 33.2.